The van der Waals surface area contributed by atoms with Crippen LogP contribution in [0.5, 0.6) is 5.75 Å². The van der Waals surface area contributed by atoms with Crippen LogP contribution in [0.2, 0.25) is 0 Å². The molecule has 124 valence electrons. The Balaban J connectivity index is 1.74. The molecule has 0 aromatic heterocycles. The first-order chi connectivity index (χ1) is 11.3. The number of rotatable bonds is 10. The molecule has 2 rings (SSSR count). The largest absolute Gasteiger partial charge is 0.489 e. The maximum atomic E-state index is 12.9. The fourth-order valence-electron chi connectivity index (χ4n) is 2.04. The van der Waals surface area contributed by atoms with Crippen LogP contribution in [0.25, 0.3) is 0 Å². The molecule has 0 radical (unpaired) electrons. The van der Waals surface area contributed by atoms with Crippen LogP contribution < -0.4 is 10.1 Å². The van der Waals surface area contributed by atoms with Gasteiger partial charge in [0.25, 0.3) is 0 Å². The van der Waals surface area contributed by atoms with Crippen molar-refractivity contribution in [3.8, 4) is 5.75 Å². The van der Waals surface area contributed by atoms with E-state index in [1.165, 1.54) is 12.1 Å². The van der Waals surface area contributed by atoms with Crippen LogP contribution in [0.1, 0.15) is 11.1 Å². The number of benzene rings is 2. The molecule has 0 spiro atoms. The SMILES string of the molecule is OCCOCCNCc1cccc(OCc2ccc(F)cc2)c1. The lowest BCUT2D eigenvalue weighted by Crippen LogP contribution is -2.20. The molecule has 2 aromatic rings. The number of halogens is 1. The van der Waals surface area contributed by atoms with Gasteiger partial charge in [-0.25, -0.2) is 4.39 Å². The summed E-state index contributed by atoms with van der Waals surface area (Å²) < 4.78 is 23.8. The Bertz CT molecular complexity index is 575. The normalized spacial score (nSPS) is 10.7. The molecule has 0 fully saturated rings. The molecule has 2 aromatic carbocycles. The first-order valence-corrected chi connectivity index (χ1v) is 7.63. The zero-order chi connectivity index (χ0) is 16.3. The summed E-state index contributed by atoms with van der Waals surface area (Å²) in [6.45, 7) is 2.84. The van der Waals surface area contributed by atoms with E-state index in [1.807, 2.05) is 24.3 Å². The summed E-state index contributed by atoms with van der Waals surface area (Å²) in [5.74, 6) is 0.537. The summed E-state index contributed by atoms with van der Waals surface area (Å²) in [5, 5.41) is 11.9. The Morgan fingerprint density at radius 1 is 1.00 bits per heavy atom. The van der Waals surface area contributed by atoms with Crippen molar-refractivity contribution in [3.63, 3.8) is 0 Å². The van der Waals surface area contributed by atoms with Crippen LogP contribution in [0, 0.1) is 5.82 Å². The quantitative estimate of drug-likeness (QED) is 0.661. The van der Waals surface area contributed by atoms with Gasteiger partial charge in [0.2, 0.25) is 0 Å². The number of aliphatic hydroxyl groups is 1. The highest BCUT2D eigenvalue weighted by Gasteiger charge is 1.99. The topological polar surface area (TPSA) is 50.7 Å². The second-order valence-corrected chi connectivity index (χ2v) is 5.08. The van der Waals surface area contributed by atoms with Crippen LogP contribution in [0.3, 0.4) is 0 Å². The predicted octanol–water partition coefficient (Wildman–Crippen LogP) is 2.50. The Hall–Kier alpha value is -1.95. The van der Waals surface area contributed by atoms with Crippen LogP contribution in [-0.2, 0) is 17.9 Å². The standard InChI is InChI=1S/C18H22FNO3/c19-17-6-4-15(5-7-17)14-23-18-3-1-2-16(12-18)13-20-8-10-22-11-9-21/h1-7,12,20-21H,8-11,13-14H2. The number of hydrogen-bond acceptors (Lipinski definition) is 4. The summed E-state index contributed by atoms with van der Waals surface area (Å²) in [4.78, 5) is 0. The van der Waals surface area contributed by atoms with Gasteiger partial charge < -0.3 is 19.9 Å². The van der Waals surface area contributed by atoms with Crippen LogP contribution in [-0.4, -0.2) is 31.5 Å². The summed E-state index contributed by atoms with van der Waals surface area (Å²) in [7, 11) is 0. The van der Waals surface area contributed by atoms with Crippen molar-refractivity contribution in [1.82, 2.24) is 5.32 Å². The van der Waals surface area contributed by atoms with Crippen molar-refractivity contribution >= 4 is 0 Å². The third kappa shape index (κ3) is 6.78. The number of nitrogens with one attached hydrogen (secondary N) is 1. The number of hydrogen-bond donors (Lipinski definition) is 2. The minimum Gasteiger partial charge on any atom is -0.489 e. The average molecular weight is 319 g/mol. The molecule has 0 aliphatic rings. The molecule has 0 unspecified atom stereocenters. The minimum atomic E-state index is -0.246. The lowest BCUT2D eigenvalue weighted by Gasteiger charge is -2.09. The summed E-state index contributed by atoms with van der Waals surface area (Å²) in [5.41, 5.74) is 2.04. The van der Waals surface area contributed by atoms with Gasteiger partial charge in [0.05, 0.1) is 19.8 Å². The Kier molecular flexibility index (Phi) is 7.52. The minimum absolute atomic E-state index is 0.0490. The van der Waals surface area contributed by atoms with Crippen molar-refractivity contribution in [1.29, 1.82) is 0 Å². The van der Waals surface area contributed by atoms with Gasteiger partial charge >= 0.3 is 0 Å². The molecule has 4 nitrogen and oxygen atoms in total. The highest BCUT2D eigenvalue weighted by atomic mass is 19.1. The highest BCUT2D eigenvalue weighted by Crippen LogP contribution is 2.15. The summed E-state index contributed by atoms with van der Waals surface area (Å²) >= 11 is 0. The maximum Gasteiger partial charge on any atom is 0.123 e. The first-order valence-electron chi connectivity index (χ1n) is 7.63. The van der Waals surface area contributed by atoms with Crippen LogP contribution in [0.15, 0.2) is 48.5 Å². The smallest absolute Gasteiger partial charge is 0.123 e. The molecule has 23 heavy (non-hydrogen) atoms. The fraction of sp³-hybridized carbons (Fsp3) is 0.333. The summed E-state index contributed by atoms with van der Waals surface area (Å²) in [6, 6.07) is 14.1. The monoisotopic (exact) mass is 319 g/mol. The van der Waals surface area contributed by atoms with Crippen molar-refractivity contribution in [2.75, 3.05) is 26.4 Å². The highest BCUT2D eigenvalue weighted by molar-refractivity contribution is 5.29. The van der Waals surface area contributed by atoms with Gasteiger partial charge in [-0.2, -0.15) is 0 Å². The maximum absolute atomic E-state index is 12.9. The van der Waals surface area contributed by atoms with Crippen LogP contribution in [0.4, 0.5) is 4.39 Å². The van der Waals surface area contributed by atoms with E-state index in [4.69, 9.17) is 14.6 Å². The van der Waals surface area contributed by atoms with Gasteiger partial charge in [-0.3, -0.25) is 0 Å². The summed E-state index contributed by atoms with van der Waals surface area (Å²) in [6.07, 6.45) is 0. The van der Waals surface area contributed by atoms with E-state index in [0.29, 0.717) is 19.8 Å². The van der Waals surface area contributed by atoms with Crippen molar-refractivity contribution < 1.29 is 19.0 Å². The van der Waals surface area contributed by atoms with Crippen molar-refractivity contribution in [2.45, 2.75) is 13.2 Å². The third-order valence-corrected chi connectivity index (χ3v) is 3.21. The molecular formula is C18H22FNO3. The molecule has 0 aliphatic carbocycles. The number of ether oxygens (including phenoxy) is 2. The van der Waals surface area contributed by atoms with E-state index in [9.17, 15) is 4.39 Å². The second kappa shape index (κ2) is 9.94. The van der Waals surface area contributed by atoms with E-state index in [0.717, 1.165) is 30.0 Å². The zero-order valence-corrected chi connectivity index (χ0v) is 13.0. The predicted molar refractivity (Wildman–Crippen MR) is 86.8 cm³/mol. The number of aliphatic hydroxyl groups excluding tert-OH is 1. The Labute approximate surface area is 135 Å². The second-order valence-electron chi connectivity index (χ2n) is 5.08. The first kappa shape index (κ1) is 17.4. The Morgan fingerprint density at radius 2 is 1.83 bits per heavy atom. The molecule has 0 atom stereocenters. The molecule has 0 heterocycles. The lowest BCUT2D eigenvalue weighted by molar-refractivity contribution is 0.0938. The molecule has 0 aliphatic heterocycles. The Morgan fingerprint density at radius 3 is 2.61 bits per heavy atom. The van der Waals surface area contributed by atoms with E-state index in [-0.39, 0.29) is 12.4 Å². The van der Waals surface area contributed by atoms with Crippen LogP contribution >= 0.6 is 0 Å². The molecule has 0 saturated heterocycles. The van der Waals surface area contributed by atoms with Gasteiger partial charge in [0.1, 0.15) is 18.2 Å². The van der Waals surface area contributed by atoms with Gasteiger partial charge in [-0.1, -0.05) is 24.3 Å². The van der Waals surface area contributed by atoms with E-state index in [1.54, 1.807) is 12.1 Å². The molecular weight excluding hydrogens is 297 g/mol. The van der Waals surface area contributed by atoms with Gasteiger partial charge in [0.15, 0.2) is 0 Å². The fourth-order valence-corrected chi connectivity index (χ4v) is 2.04. The molecule has 2 N–H and O–H groups in total. The van der Waals surface area contributed by atoms with E-state index in [2.05, 4.69) is 5.32 Å². The average Bonchev–Trinajstić information content (AvgIpc) is 2.58. The van der Waals surface area contributed by atoms with E-state index >= 15 is 0 Å². The van der Waals surface area contributed by atoms with Gasteiger partial charge in [-0.05, 0) is 35.4 Å². The van der Waals surface area contributed by atoms with Gasteiger partial charge in [-0.15, -0.1) is 0 Å². The molecule has 0 bridgehead atoms. The van der Waals surface area contributed by atoms with E-state index < -0.39 is 0 Å². The lowest BCUT2D eigenvalue weighted by atomic mass is 10.2. The van der Waals surface area contributed by atoms with Crippen molar-refractivity contribution in [2.24, 2.45) is 0 Å². The molecule has 0 saturated carbocycles. The third-order valence-electron chi connectivity index (χ3n) is 3.21. The molecule has 0 amide bonds. The molecule has 5 heteroatoms. The van der Waals surface area contributed by atoms with Gasteiger partial charge in [0, 0.05) is 13.1 Å². The zero-order valence-electron chi connectivity index (χ0n) is 13.0. The van der Waals surface area contributed by atoms with Crippen molar-refractivity contribution in [3.05, 3.63) is 65.5 Å².